The summed E-state index contributed by atoms with van der Waals surface area (Å²) < 4.78 is 11.5. The van der Waals surface area contributed by atoms with E-state index in [0.717, 1.165) is 25.9 Å². The molecule has 0 radical (unpaired) electrons. The van der Waals surface area contributed by atoms with Gasteiger partial charge in [0.1, 0.15) is 5.60 Å². The second kappa shape index (κ2) is 4.88. The normalized spacial score (nSPS) is 33.4. The Kier molecular flexibility index (Phi) is 3.45. The maximum atomic E-state index is 12.6. The molecule has 3 aliphatic rings. The number of ether oxygens (including phenoxy) is 2. The third-order valence-corrected chi connectivity index (χ3v) is 4.36. The van der Waals surface area contributed by atoms with Crippen molar-refractivity contribution in [1.82, 2.24) is 10.2 Å². The first kappa shape index (κ1) is 14.1. The molecule has 0 spiro atoms. The fourth-order valence-electron chi connectivity index (χ4n) is 3.26. The molecular formula is C15H26N2O3. The Morgan fingerprint density at radius 1 is 1.35 bits per heavy atom. The topological polar surface area (TPSA) is 50.8 Å². The van der Waals surface area contributed by atoms with Crippen molar-refractivity contribution in [3.63, 3.8) is 0 Å². The van der Waals surface area contributed by atoms with E-state index in [9.17, 15) is 4.79 Å². The number of nitrogens with one attached hydrogen (secondary N) is 1. The van der Waals surface area contributed by atoms with Crippen molar-refractivity contribution < 1.29 is 14.3 Å². The van der Waals surface area contributed by atoms with Crippen LogP contribution in [0.4, 0.5) is 4.79 Å². The summed E-state index contributed by atoms with van der Waals surface area (Å²) in [6.45, 7) is 8.08. The molecule has 114 valence electrons. The Bertz CT molecular complexity index is 385. The molecule has 5 heteroatoms. The van der Waals surface area contributed by atoms with E-state index in [-0.39, 0.29) is 17.7 Å². The van der Waals surface area contributed by atoms with Gasteiger partial charge in [-0.05, 0) is 46.5 Å². The summed E-state index contributed by atoms with van der Waals surface area (Å²) in [6.07, 6.45) is 4.63. The van der Waals surface area contributed by atoms with Crippen molar-refractivity contribution in [2.45, 2.75) is 69.7 Å². The van der Waals surface area contributed by atoms with Crippen LogP contribution in [0.1, 0.15) is 46.5 Å². The van der Waals surface area contributed by atoms with Gasteiger partial charge in [-0.15, -0.1) is 0 Å². The van der Waals surface area contributed by atoms with E-state index in [1.165, 1.54) is 12.8 Å². The van der Waals surface area contributed by atoms with Crippen molar-refractivity contribution >= 4 is 6.09 Å². The van der Waals surface area contributed by atoms with Crippen LogP contribution in [0.2, 0.25) is 0 Å². The zero-order valence-corrected chi connectivity index (χ0v) is 12.8. The molecule has 5 nitrogen and oxygen atoms in total. The Morgan fingerprint density at radius 2 is 2.10 bits per heavy atom. The lowest BCUT2D eigenvalue weighted by Crippen LogP contribution is -2.64. The first-order valence-corrected chi connectivity index (χ1v) is 7.74. The van der Waals surface area contributed by atoms with Crippen molar-refractivity contribution in [1.29, 1.82) is 0 Å². The molecule has 20 heavy (non-hydrogen) atoms. The highest BCUT2D eigenvalue weighted by atomic mass is 16.6. The molecule has 1 aliphatic carbocycles. The minimum atomic E-state index is -0.445. The number of rotatable bonds is 3. The van der Waals surface area contributed by atoms with Crippen molar-refractivity contribution in [3.8, 4) is 0 Å². The monoisotopic (exact) mass is 282 g/mol. The van der Waals surface area contributed by atoms with E-state index in [2.05, 4.69) is 5.32 Å². The van der Waals surface area contributed by atoms with Crippen LogP contribution in [0.15, 0.2) is 0 Å². The Morgan fingerprint density at radius 3 is 2.75 bits per heavy atom. The standard InChI is InChI=1S/C15H26N2O3/c1-14(2,3)20-13(18)17-11-6-7-15(17,9-16-8-11)10-19-12-4-5-12/h11-12,16H,4-10H2,1-3H3. The lowest BCUT2D eigenvalue weighted by molar-refractivity contribution is -0.0410. The second-order valence-corrected chi connectivity index (χ2v) is 7.41. The van der Waals surface area contributed by atoms with Crippen LogP contribution >= 0.6 is 0 Å². The predicted molar refractivity (Wildman–Crippen MR) is 75.7 cm³/mol. The Balaban J connectivity index is 1.73. The fraction of sp³-hybridized carbons (Fsp3) is 0.933. The summed E-state index contributed by atoms with van der Waals surface area (Å²) in [5.74, 6) is 0. The third-order valence-electron chi connectivity index (χ3n) is 4.36. The Hall–Kier alpha value is -0.810. The minimum absolute atomic E-state index is 0.180. The molecule has 2 unspecified atom stereocenters. The van der Waals surface area contributed by atoms with Crippen molar-refractivity contribution in [2.75, 3.05) is 19.7 Å². The first-order valence-electron chi connectivity index (χ1n) is 7.74. The molecule has 2 aliphatic heterocycles. The smallest absolute Gasteiger partial charge is 0.411 e. The van der Waals surface area contributed by atoms with E-state index < -0.39 is 5.60 Å². The highest BCUT2D eigenvalue weighted by molar-refractivity contribution is 5.70. The summed E-state index contributed by atoms with van der Waals surface area (Å²) in [4.78, 5) is 14.5. The van der Waals surface area contributed by atoms with Crippen LogP contribution in [0.25, 0.3) is 0 Å². The summed E-state index contributed by atoms with van der Waals surface area (Å²) >= 11 is 0. The largest absolute Gasteiger partial charge is 0.444 e. The molecular weight excluding hydrogens is 256 g/mol. The van der Waals surface area contributed by atoms with Crippen LogP contribution in [-0.2, 0) is 9.47 Å². The number of piperazine rings is 1. The average molecular weight is 282 g/mol. The summed E-state index contributed by atoms with van der Waals surface area (Å²) in [5, 5.41) is 3.45. The van der Waals surface area contributed by atoms with E-state index in [1.807, 2.05) is 25.7 Å². The molecule has 3 fully saturated rings. The molecule has 2 heterocycles. The number of carbonyl (C=O) groups excluding carboxylic acids is 1. The SMILES string of the molecule is CC(C)(C)OC(=O)N1C2CCC1(COC1CC1)CNC2. The molecule has 3 rings (SSSR count). The molecule has 2 atom stereocenters. The van der Waals surface area contributed by atoms with Gasteiger partial charge in [-0.25, -0.2) is 4.79 Å². The van der Waals surface area contributed by atoms with Gasteiger partial charge in [-0.2, -0.15) is 0 Å². The third kappa shape index (κ3) is 2.79. The number of hydrogen-bond acceptors (Lipinski definition) is 4. The summed E-state index contributed by atoms with van der Waals surface area (Å²) in [7, 11) is 0. The molecule has 0 aromatic heterocycles. The lowest BCUT2D eigenvalue weighted by Gasteiger charge is -2.45. The van der Waals surface area contributed by atoms with Gasteiger partial charge < -0.3 is 14.8 Å². The first-order chi connectivity index (χ1) is 9.40. The summed E-state index contributed by atoms with van der Waals surface area (Å²) in [5.41, 5.74) is -0.645. The predicted octanol–water partition coefficient (Wildman–Crippen LogP) is 1.91. The lowest BCUT2D eigenvalue weighted by atomic mass is 9.97. The van der Waals surface area contributed by atoms with E-state index in [1.54, 1.807) is 0 Å². The highest BCUT2D eigenvalue weighted by Gasteiger charge is 2.53. The maximum absolute atomic E-state index is 12.6. The van der Waals surface area contributed by atoms with Crippen LogP contribution in [-0.4, -0.2) is 54.0 Å². The van der Waals surface area contributed by atoms with Gasteiger partial charge in [-0.3, -0.25) is 4.90 Å². The second-order valence-electron chi connectivity index (χ2n) is 7.41. The number of amides is 1. The molecule has 0 aromatic carbocycles. The molecule has 2 saturated heterocycles. The van der Waals surface area contributed by atoms with Gasteiger partial charge in [-0.1, -0.05) is 0 Å². The molecule has 1 saturated carbocycles. The van der Waals surface area contributed by atoms with Crippen LogP contribution < -0.4 is 5.32 Å². The highest BCUT2D eigenvalue weighted by Crippen LogP contribution is 2.39. The van der Waals surface area contributed by atoms with Crippen LogP contribution in [0, 0.1) is 0 Å². The van der Waals surface area contributed by atoms with Gasteiger partial charge in [0, 0.05) is 19.1 Å². The number of hydrogen-bond donors (Lipinski definition) is 1. The van der Waals surface area contributed by atoms with Gasteiger partial charge >= 0.3 is 6.09 Å². The van der Waals surface area contributed by atoms with E-state index in [0.29, 0.717) is 12.7 Å². The number of nitrogens with zero attached hydrogens (tertiary/aromatic N) is 1. The van der Waals surface area contributed by atoms with E-state index >= 15 is 0 Å². The Labute approximate surface area is 121 Å². The zero-order chi connectivity index (χ0) is 14.4. The average Bonchev–Trinajstić information content (AvgIpc) is 3.12. The van der Waals surface area contributed by atoms with Gasteiger partial charge in [0.05, 0.1) is 18.2 Å². The van der Waals surface area contributed by atoms with Crippen LogP contribution in [0.5, 0.6) is 0 Å². The van der Waals surface area contributed by atoms with Gasteiger partial charge in [0.25, 0.3) is 0 Å². The van der Waals surface area contributed by atoms with E-state index in [4.69, 9.17) is 9.47 Å². The van der Waals surface area contributed by atoms with Gasteiger partial charge in [0.2, 0.25) is 0 Å². The van der Waals surface area contributed by atoms with Crippen molar-refractivity contribution in [2.24, 2.45) is 0 Å². The molecule has 1 N–H and O–H groups in total. The summed E-state index contributed by atoms with van der Waals surface area (Å²) in [6, 6.07) is 0.251. The van der Waals surface area contributed by atoms with Gasteiger partial charge in [0.15, 0.2) is 0 Å². The number of fused-ring (bicyclic) bond motifs is 2. The molecule has 2 bridgehead atoms. The maximum Gasteiger partial charge on any atom is 0.411 e. The van der Waals surface area contributed by atoms with Crippen LogP contribution in [0.3, 0.4) is 0 Å². The quantitative estimate of drug-likeness (QED) is 0.859. The number of carbonyl (C=O) groups is 1. The minimum Gasteiger partial charge on any atom is -0.444 e. The molecule has 0 aromatic rings. The fourth-order valence-corrected chi connectivity index (χ4v) is 3.26. The zero-order valence-electron chi connectivity index (χ0n) is 12.8. The molecule has 1 amide bonds. The van der Waals surface area contributed by atoms with Crippen molar-refractivity contribution in [3.05, 3.63) is 0 Å².